The van der Waals surface area contributed by atoms with Crippen LogP contribution in [0.1, 0.15) is 5.56 Å². The largest absolute Gasteiger partial charge is 0.346 e. The number of imidazole rings is 1. The van der Waals surface area contributed by atoms with Crippen LogP contribution in [0.5, 0.6) is 0 Å². The molecule has 0 aliphatic carbocycles. The summed E-state index contributed by atoms with van der Waals surface area (Å²) in [6, 6.07) is 8.64. The number of benzene rings is 1. The van der Waals surface area contributed by atoms with E-state index in [-0.39, 0.29) is 0 Å². The van der Waals surface area contributed by atoms with Gasteiger partial charge >= 0.3 is 0 Å². The van der Waals surface area contributed by atoms with Crippen LogP contribution >= 0.6 is 0 Å². The van der Waals surface area contributed by atoms with Crippen LogP contribution < -0.4 is 0 Å². The highest BCUT2D eigenvalue weighted by Gasteiger charge is 2.02. The van der Waals surface area contributed by atoms with Crippen molar-refractivity contribution in [1.29, 1.82) is 0 Å². The predicted octanol–water partition coefficient (Wildman–Crippen LogP) is 2.85. The zero-order valence-electron chi connectivity index (χ0n) is 9.87. The summed E-state index contributed by atoms with van der Waals surface area (Å²) in [7, 11) is 0. The quantitative estimate of drug-likeness (QED) is 0.672. The van der Waals surface area contributed by atoms with Gasteiger partial charge in [-0.05, 0) is 24.6 Å². The lowest BCUT2D eigenvalue weighted by Gasteiger charge is -2.06. The van der Waals surface area contributed by atoms with Crippen molar-refractivity contribution in [1.82, 2.24) is 14.1 Å². The summed E-state index contributed by atoms with van der Waals surface area (Å²) < 4.78 is 4.39. The molecule has 2 aromatic heterocycles. The second-order valence-electron chi connectivity index (χ2n) is 4.32. The van der Waals surface area contributed by atoms with Crippen LogP contribution in [0.15, 0.2) is 49.2 Å². The Morgan fingerprint density at radius 3 is 2.88 bits per heavy atom. The van der Waals surface area contributed by atoms with Crippen LogP contribution in [0.4, 0.5) is 0 Å². The SMILES string of the molecule is Cc1cccc2c1ccn2CCn1ccnc1. The average Bonchev–Trinajstić information content (AvgIpc) is 2.95. The summed E-state index contributed by atoms with van der Waals surface area (Å²) >= 11 is 0. The molecule has 3 heteroatoms. The first kappa shape index (κ1) is 10.1. The number of hydrogen-bond donors (Lipinski definition) is 0. The van der Waals surface area contributed by atoms with Crippen LogP contribution in [0, 0.1) is 6.92 Å². The second-order valence-corrected chi connectivity index (χ2v) is 4.32. The Bertz CT molecular complexity index is 620. The lowest BCUT2D eigenvalue weighted by molar-refractivity contribution is 0.592. The zero-order chi connectivity index (χ0) is 11.7. The van der Waals surface area contributed by atoms with E-state index < -0.39 is 0 Å². The zero-order valence-corrected chi connectivity index (χ0v) is 9.87. The van der Waals surface area contributed by atoms with Gasteiger partial charge in [0.1, 0.15) is 0 Å². The topological polar surface area (TPSA) is 22.8 Å². The molecular formula is C14H15N3. The fourth-order valence-corrected chi connectivity index (χ4v) is 2.21. The molecule has 0 radical (unpaired) electrons. The van der Waals surface area contributed by atoms with E-state index in [2.05, 4.69) is 51.5 Å². The molecule has 0 N–H and O–H groups in total. The van der Waals surface area contributed by atoms with E-state index in [1.807, 2.05) is 18.7 Å². The standard InChI is InChI=1S/C14H15N3/c1-12-3-2-4-14-13(12)5-7-17(14)10-9-16-8-6-15-11-16/h2-8,11H,9-10H2,1H3. The summed E-state index contributed by atoms with van der Waals surface area (Å²) in [5, 5.41) is 1.35. The first-order valence-electron chi connectivity index (χ1n) is 5.85. The van der Waals surface area contributed by atoms with Crippen LogP contribution in [0.25, 0.3) is 10.9 Å². The second kappa shape index (κ2) is 4.09. The van der Waals surface area contributed by atoms with E-state index in [1.54, 1.807) is 0 Å². The van der Waals surface area contributed by atoms with Crippen molar-refractivity contribution in [3.8, 4) is 0 Å². The van der Waals surface area contributed by atoms with Gasteiger partial charge in [0.05, 0.1) is 6.33 Å². The summed E-state index contributed by atoms with van der Waals surface area (Å²) in [6.45, 7) is 4.09. The maximum absolute atomic E-state index is 4.05. The molecule has 3 nitrogen and oxygen atoms in total. The highest BCUT2D eigenvalue weighted by atomic mass is 15.1. The van der Waals surface area contributed by atoms with Crippen molar-refractivity contribution in [2.75, 3.05) is 0 Å². The molecule has 3 rings (SSSR count). The van der Waals surface area contributed by atoms with Gasteiger partial charge in [0.25, 0.3) is 0 Å². The van der Waals surface area contributed by atoms with E-state index in [1.165, 1.54) is 16.5 Å². The Hall–Kier alpha value is -2.03. The number of fused-ring (bicyclic) bond motifs is 1. The van der Waals surface area contributed by atoms with Gasteiger partial charge in [0.15, 0.2) is 0 Å². The van der Waals surface area contributed by atoms with Crippen LogP contribution in [-0.4, -0.2) is 14.1 Å². The monoisotopic (exact) mass is 225 g/mol. The Morgan fingerprint density at radius 2 is 2.06 bits per heavy atom. The normalized spacial score (nSPS) is 11.1. The first-order valence-corrected chi connectivity index (χ1v) is 5.85. The van der Waals surface area contributed by atoms with Gasteiger partial charge in [-0.15, -0.1) is 0 Å². The highest BCUT2D eigenvalue weighted by molar-refractivity contribution is 5.83. The van der Waals surface area contributed by atoms with Gasteiger partial charge in [-0.3, -0.25) is 0 Å². The van der Waals surface area contributed by atoms with Crippen molar-refractivity contribution in [2.45, 2.75) is 20.0 Å². The van der Waals surface area contributed by atoms with Gasteiger partial charge in [0.2, 0.25) is 0 Å². The molecule has 0 saturated carbocycles. The minimum absolute atomic E-state index is 0.956. The molecule has 17 heavy (non-hydrogen) atoms. The summed E-state index contributed by atoms with van der Waals surface area (Å²) in [6.07, 6.45) is 7.83. The van der Waals surface area contributed by atoms with Crippen LogP contribution in [0.3, 0.4) is 0 Å². The van der Waals surface area contributed by atoms with Gasteiger partial charge in [0, 0.05) is 42.6 Å². The number of rotatable bonds is 3. The van der Waals surface area contributed by atoms with Gasteiger partial charge < -0.3 is 9.13 Å². The lowest BCUT2D eigenvalue weighted by atomic mass is 10.1. The molecule has 0 aliphatic rings. The molecular weight excluding hydrogens is 210 g/mol. The fraction of sp³-hybridized carbons (Fsp3) is 0.214. The van der Waals surface area contributed by atoms with Crippen molar-refractivity contribution >= 4 is 10.9 Å². The van der Waals surface area contributed by atoms with E-state index >= 15 is 0 Å². The summed E-state index contributed by atoms with van der Waals surface area (Å²) in [5.74, 6) is 0. The Kier molecular flexibility index (Phi) is 2.44. The summed E-state index contributed by atoms with van der Waals surface area (Å²) in [5.41, 5.74) is 2.65. The Morgan fingerprint density at radius 1 is 1.12 bits per heavy atom. The Balaban J connectivity index is 1.88. The molecule has 0 saturated heterocycles. The van der Waals surface area contributed by atoms with E-state index in [4.69, 9.17) is 0 Å². The van der Waals surface area contributed by atoms with Gasteiger partial charge in [-0.1, -0.05) is 12.1 Å². The minimum atomic E-state index is 0.956. The average molecular weight is 225 g/mol. The van der Waals surface area contributed by atoms with Crippen molar-refractivity contribution in [3.63, 3.8) is 0 Å². The molecule has 0 atom stereocenters. The number of hydrogen-bond acceptors (Lipinski definition) is 1. The molecule has 2 heterocycles. The molecule has 0 fully saturated rings. The van der Waals surface area contributed by atoms with E-state index in [0.29, 0.717) is 0 Å². The third kappa shape index (κ3) is 1.84. The minimum Gasteiger partial charge on any atom is -0.346 e. The van der Waals surface area contributed by atoms with Crippen molar-refractivity contribution < 1.29 is 0 Å². The maximum atomic E-state index is 4.05. The lowest BCUT2D eigenvalue weighted by Crippen LogP contribution is -2.04. The molecule has 0 bridgehead atoms. The smallest absolute Gasteiger partial charge is 0.0946 e. The molecule has 86 valence electrons. The maximum Gasteiger partial charge on any atom is 0.0946 e. The van der Waals surface area contributed by atoms with E-state index in [0.717, 1.165) is 13.1 Å². The van der Waals surface area contributed by atoms with Crippen LogP contribution in [-0.2, 0) is 13.1 Å². The van der Waals surface area contributed by atoms with Crippen LogP contribution in [0.2, 0.25) is 0 Å². The summed E-state index contributed by atoms with van der Waals surface area (Å²) in [4.78, 5) is 4.05. The van der Waals surface area contributed by atoms with E-state index in [9.17, 15) is 0 Å². The first-order chi connectivity index (χ1) is 8.34. The number of nitrogens with zero attached hydrogens (tertiary/aromatic N) is 3. The third-order valence-electron chi connectivity index (χ3n) is 3.19. The molecule has 0 aliphatic heterocycles. The highest BCUT2D eigenvalue weighted by Crippen LogP contribution is 2.19. The fourth-order valence-electron chi connectivity index (χ4n) is 2.21. The van der Waals surface area contributed by atoms with Crippen molar-refractivity contribution in [3.05, 3.63) is 54.7 Å². The van der Waals surface area contributed by atoms with Crippen molar-refractivity contribution in [2.24, 2.45) is 0 Å². The number of aryl methyl sites for hydroxylation is 3. The molecule has 3 aromatic rings. The van der Waals surface area contributed by atoms with Gasteiger partial charge in [-0.2, -0.15) is 0 Å². The predicted molar refractivity (Wildman–Crippen MR) is 68.9 cm³/mol. The molecule has 0 amide bonds. The third-order valence-corrected chi connectivity index (χ3v) is 3.19. The Labute approximate surface area is 100 Å². The molecule has 0 unspecified atom stereocenters. The molecule has 0 spiro atoms. The van der Waals surface area contributed by atoms with Gasteiger partial charge in [-0.25, -0.2) is 4.98 Å². The number of aromatic nitrogens is 3. The molecule has 1 aromatic carbocycles.